The summed E-state index contributed by atoms with van der Waals surface area (Å²) in [6.45, 7) is -1.17. The van der Waals surface area contributed by atoms with Gasteiger partial charge in [0, 0.05) is 22.4 Å². The quantitative estimate of drug-likeness (QED) is 0.0223. The lowest BCUT2D eigenvalue weighted by molar-refractivity contribution is -0.870. The molecule has 0 saturated carbocycles. The maximum absolute atomic E-state index is 12.7. The van der Waals surface area contributed by atoms with Crippen LogP contribution in [0.5, 0.6) is 0 Å². The Morgan fingerprint density at radius 1 is 0.740 bits per heavy atom. The lowest BCUT2D eigenvalue weighted by Crippen LogP contribution is -2.37. The highest BCUT2D eigenvalue weighted by molar-refractivity contribution is 7.47. The van der Waals surface area contributed by atoms with Crippen LogP contribution in [-0.2, 0) is 32.7 Å². The average Bonchev–Trinajstić information content (AvgIpc) is 3.10. The number of carbonyl (C=O) groups excluding carboxylic acids is 2. The minimum Gasteiger partial charge on any atom is -0.462 e. The summed E-state index contributed by atoms with van der Waals surface area (Å²) in [7, 11) is 1.31. The molecular formula is C40H77NO8P+. The van der Waals surface area contributed by atoms with Crippen LogP contribution in [0.25, 0.3) is 0 Å². The number of phosphoric ester groups is 1. The molecule has 0 aromatic heterocycles. The van der Waals surface area contributed by atoms with Crippen molar-refractivity contribution < 1.29 is 51.6 Å². The first-order valence-corrected chi connectivity index (χ1v) is 20.7. The predicted molar refractivity (Wildman–Crippen MR) is 206 cm³/mol. The molecule has 0 heterocycles. The number of hydrogen-bond donors (Lipinski definition) is 1. The zero-order valence-electron chi connectivity index (χ0n) is 39.0. The molecule has 294 valence electrons. The zero-order valence-corrected chi connectivity index (χ0v) is 32.9. The summed E-state index contributed by atoms with van der Waals surface area (Å²) >= 11 is 0. The van der Waals surface area contributed by atoms with Crippen molar-refractivity contribution in [3.8, 4) is 0 Å². The number of phosphoric acid groups is 1. The molecular weight excluding hydrogens is 653 g/mol. The first-order chi connectivity index (χ1) is 26.6. The molecule has 0 aliphatic rings. The minimum atomic E-state index is -4.44. The number of rotatable bonds is 36. The second kappa shape index (κ2) is 33.3. The van der Waals surface area contributed by atoms with Gasteiger partial charge < -0.3 is 18.9 Å². The molecule has 10 heteroatoms. The van der Waals surface area contributed by atoms with Crippen molar-refractivity contribution in [2.45, 2.75) is 174 Å². The van der Waals surface area contributed by atoms with E-state index in [1.54, 1.807) is 0 Å². The molecule has 0 rings (SSSR count). The molecule has 0 aromatic rings. The second-order valence-electron chi connectivity index (χ2n) is 14.0. The van der Waals surface area contributed by atoms with E-state index in [4.69, 9.17) is 28.1 Å². The smallest absolute Gasteiger partial charge is 0.462 e. The predicted octanol–water partition coefficient (Wildman–Crippen LogP) is 10.8. The van der Waals surface area contributed by atoms with Gasteiger partial charge in [-0.15, -0.1) is 0 Å². The van der Waals surface area contributed by atoms with Crippen molar-refractivity contribution in [2.75, 3.05) is 47.5 Å². The van der Waals surface area contributed by atoms with Gasteiger partial charge in [0.25, 0.3) is 0 Å². The van der Waals surface area contributed by atoms with Gasteiger partial charge in [0.1, 0.15) is 19.8 Å². The molecule has 0 spiro atoms. The second-order valence-corrected chi connectivity index (χ2v) is 15.5. The van der Waals surface area contributed by atoms with E-state index in [1.165, 1.54) is 19.3 Å². The fourth-order valence-electron chi connectivity index (χ4n) is 4.95. The van der Waals surface area contributed by atoms with Gasteiger partial charge >= 0.3 is 19.8 Å². The van der Waals surface area contributed by atoms with Crippen LogP contribution in [0.15, 0.2) is 24.3 Å². The standard InChI is InChI=1S/C40H76NO8P/c1-6-8-10-12-14-16-18-19-20-21-23-25-27-29-31-33-40(43)49-38(37-48-50(44,45)47-35-34-41(3,4)5)36-46-39(42)32-30-28-26-24-22-17-15-13-11-9-7-2/h14,16,19-20,38H,6-13,15,17-18,21-37H2,1-5H3/p+1/b16-14-,20-19-/t38-/m1/s1/i2D3,7D2,9D2. The monoisotopic (exact) mass is 738 g/mol. The molecule has 0 amide bonds. The van der Waals surface area contributed by atoms with Gasteiger partial charge in [-0.05, 0) is 44.9 Å². The third-order valence-electron chi connectivity index (χ3n) is 8.02. The van der Waals surface area contributed by atoms with Crippen molar-refractivity contribution in [2.24, 2.45) is 0 Å². The molecule has 2 atom stereocenters. The van der Waals surface area contributed by atoms with Crippen LogP contribution >= 0.6 is 7.82 Å². The SMILES string of the molecule is [2H]C([2H])([2H])C([2H])([2H])C([2H])([2H])CCCCCCCCCCC(=O)OC[C@H](COP(=O)(O)OCC[N+](C)(C)C)OC(=O)CCCCCCC/C=C\C/C=C\CCCCC. The van der Waals surface area contributed by atoms with Gasteiger partial charge in [0.05, 0.1) is 27.7 Å². The van der Waals surface area contributed by atoms with Crippen molar-refractivity contribution >= 4 is 19.8 Å². The maximum atomic E-state index is 12.7. The fraction of sp³-hybridized carbons (Fsp3) is 0.850. The molecule has 1 unspecified atom stereocenters. The summed E-state index contributed by atoms with van der Waals surface area (Å²) in [5.41, 5.74) is 0. The number of hydrogen-bond acceptors (Lipinski definition) is 7. The fourth-order valence-corrected chi connectivity index (χ4v) is 5.69. The van der Waals surface area contributed by atoms with Crippen LogP contribution in [0.4, 0.5) is 0 Å². The van der Waals surface area contributed by atoms with Crippen LogP contribution in [0.1, 0.15) is 177 Å². The van der Waals surface area contributed by atoms with Crippen LogP contribution in [0.3, 0.4) is 0 Å². The van der Waals surface area contributed by atoms with E-state index in [0.717, 1.165) is 77.0 Å². The number of esters is 2. The Morgan fingerprint density at radius 2 is 1.28 bits per heavy atom. The molecule has 0 aliphatic heterocycles. The van der Waals surface area contributed by atoms with E-state index in [2.05, 4.69) is 31.2 Å². The van der Waals surface area contributed by atoms with Gasteiger partial charge in [-0.1, -0.05) is 134 Å². The molecule has 50 heavy (non-hydrogen) atoms. The van der Waals surface area contributed by atoms with E-state index >= 15 is 0 Å². The first kappa shape index (κ1) is 36.8. The molecule has 0 bridgehead atoms. The molecule has 0 aliphatic carbocycles. The van der Waals surface area contributed by atoms with E-state index in [1.807, 2.05) is 21.1 Å². The average molecular weight is 738 g/mol. The van der Waals surface area contributed by atoms with Gasteiger partial charge in [-0.25, -0.2) is 4.57 Å². The number of quaternary nitrogens is 1. The topological polar surface area (TPSA) is 108 Å². The Labute approximate surface area is 317 Å². The Hall–Kier alpha value is -1.51. The van der Waals surface area contributed by atoms with Gasteiger partial charge in [-0.3, -0.25) is 18.6 Å². The molecule has 1 N–H and O–H groups in total. The summed E-state index contributed by atoms with van der Waals surface area (Å²) in [5, 5.41) is 0. The first-order valence-electron chi connectivity index (χ1n) is 22.7. The summed E-state index contributed by atoms with van der Waals surface area (Å²) in [5.74, 6) is -0.985. The van der Waals surface area contributed by atoms with Crippen LogP contribution in [-0.4, -0.2) is 74.9 Å². The van der Waals surface area contributed by atoms with Crippen molar-refractivity contribution in [1.82, 2.24) is 0 Å². The van der Waals surface area contributed by atoms with Gasteiger partial charge in [0.15, 0.2) is 6.10 Å². The number of ether oxygens (including phenoxy) is 2. The summed E-state index contributed by atoms with van der Waals surface area (Å²) in [6, 6.07) is 0. The van der Waals surface area contributed by atoms with Crippen molar-refractivity contribution in [1.29, 1.82) is 0 Å². The highest BCUT2D eigenvalue weighted by atomic mass is 31.2. The summed E-state index contributed by atoms with van der Waals surface area (Å²) < 4.78 is 87.1. The van der Waals surface area contributed by atoms with E-state index in [9.17, 15) is 19.0 Å². The number of nitrogens with zero attached hydrogens (tertiary/aromatic N) is 1. The van der Waals surface area contributed by atoms with Crippen LogP contribution in [0.2, 0.25) is 0 Å². The van der Waals surface area contributed by atoms with E-state index < -0.39 is 52.1 Å². The third kappa shape index (κ3) is 36.3. The zero-order chi connectivity index (χ0) is 43.3. The molecule has 0 radical (unpaired) electrons. The lowest BCUT2D eigenvalue weighted by Gasteiger charge is -2.24. The van der Waals surface area contributed by atoms with Gasteiger partial charge in [0.2, 0.25) is 0 Å². The van der Waals surface area contributed by atoms with E-state index in [-0.39, 0.29) is 32.5 Å². The van der Waals surface area contributed by atoms with Crippen LogP contribution < -0.4 is 0 Å². The molecule has 0 saturated heterocycles. The van der Waals surface area contributed by atoms with Crippen LogP contribution in [0, 0.1) is 0 Å². The highest BCUT2D eigenvalue weighted by Crippen LogP contribution is 2.43. The number of likely N-dealkylation sites (N-methyl/N-ethyl adjacent to an activating group) is 1. The van der Waals surface area contributed by atoms with E-state index in [0.29, 0.717) is 36.7 Å². The highest BCUT2D eigenvalue weighted by Gasteiger charge is 2.27. The molecule has 9 nitrogen and oxygen atoms in total. The lowest BCUT2D eigenvalue weighted by atomic mass is 10.1. The number of allylic oxidation sites excluding steroid dienone is 4. The third-order valence-corrected chi connectivity index (χ3v) is 9.01. The molecule has 0 fully saturated rings. The summed E-state index contributed by atoms with van der Waals surface area (Å²) in [4.78, 5) is 35.3. The normalized spacial score (nSPS) is 16.9. The Bertz CT molecular complexity index is 1180. The Balaban J connectivity index is 4.53. The maximum Gasteiger partial charge on any atom is 0.472 e. The number of unbranched alkanes of at least 4 members (excludes halogenated alkanes) is 15. The van der Waals surface area contributed by atoms with Gasteiger partial charge in [-0.2, -0.15) is 0 Å². The Morgan fingerprint density at radius 3 is 1.86 bits per heavy atom. The Kier molecular flexibility index (Phi) is 24.6. The summed E-state index contributed by atoms with van der Waals surface area (Å²) in [6.07, 6.45) is 20.2. The number of carbonyl (C=O) groups is 2. The minimum absolute atomic E-state index is 0.0172. The largest absolute Gasteiger partial charge is 0.472 e. The van der Waals surface area contributed by atoms with Crippen molar-refractivity contribution in [3.63, 3.8) is 0 Å². The van der Waals surface area contributed by atoms with Crippen molar-refractivity contribution in [3.05, 3.63) is 24.3 Å². The molecule has 0 aromatic carbocycles.